The zero-order valence-corrected chi connectivity index (χ0v) is 10.9. The van der Waals surface area contributed by atoms with Crippen LogP contribution < -0.4 is 5.32 Å². The van der Waals surface area contributed by atoms with E-state index in [0.29, 0.717) is 0 Å². The highest BCUT2D eigenvalue weighted by Gasteiger charge is 2.19. The molecule has 16 heavy (non-hydrogen) atoms. The lowest BCUT2D eigenvalue weighted by Crippen LogP contribution is -2.34. The van der Waals surface area contributed by atoms with Gasteiger partial charge in [-0.05, 0) is 37.8 Å². The van der Waals surface area contributed by atoms with E-state index in [-0.39, 0.29) is 5.50 Å². The minimum absolute atomic E-state index is 0.141. The number of para-hydroxylation sites is 1. The minimum Gasteiger partial charge on any atom is -0.361 e. The molecule has 2 rings (SSSR count). The number of thiol groups is 1. The van der Waals surface area contributed by atoms with Gasteiger partial charge in [0.1, 0.15) is 5.50 Å². The Morgan fingerprint density at radius 3 is 2.31 bits per heavy atom. The summed E-state index contributed by atoms with van der Waals surface area (Å²) in [6, 6.07) is 6.37. The van der Waals surface area contributed by atoms with Gasteiger partial charge in [-0.25, -0.2) is 0 Å². The summed E-state index contributed by atoms with van der Waals surface area (Å²) in [6.45, 7) is 6.60. The van der Waals surface area contributed by atoms with Crippen molar-refractivity contribution in [3.05, 3.63) is 29.3 Å². The SMILES string of the molecule is Cc1cccc(C)c1NC(S)N1CCCC1. The van der Waals surface area contributed by atoms with Gasteiger partial charge in [-0.3, -0.25) is 4.90 Å². The van der Waals surface area contributed by atoms with Crippen molar-refractivity contribution in [2.45, 2.75) is 32.2 Å². The van der Waals surface area contributed by atoms with Crippen LogP contribution in [0.3, 0.4) is 0 Å². The zero-order valence-electron chi connectivity index (χ0n) is 10.0. The first-order chi connectivity index (χ1) is 7.68. The van der Waals surface area contributed by atoms with Crippen molar-refractivity contribution in [2.24, 2.45) is 0 Å². The Kier molecular flexibility index (Phi) is 3.77. The Hall–Kier alpha value is -0.670. The highest BCUT2D eigenvalue weighted by molar-refractivity contribution is 7.81. The third-order valence-electron chi connectivity index (χ3n) is 3.24. The molecule has 88 valence electrons. The largest absolute Gasteiger partial charge is 0.361 e. The van der Waals surface area contributed by atoms with Gasteiger partial charge < -0.3 is 5.32 Å². The quantitative estimate of drug-likeness (QED) is 0.619. The summed E-state index contributed by atoms with van der Waals surface area (Å²) in [5, 5.41) is 3.51. The molecule has 0 amide bonds. The summed E-state index contributed by atoms with van der Waals surface area (Å²) in [5.74, 6) is 0. The number of benzene rings is 1. The average Bonchev–Trinajstić information content (AvgIpc) is 2.76. The third kappa shape index (κ3) is 2.53. The van der Waals surface area contributed by atoms with Crippen LogP contribution in [0, 0.1) is 13.8 Å². The van der Waals surface area contributed by atoms with E-state index < -0.39 is 0 Å². The van der Waals surface area contributed by atoms with Crippen LogP contribution in [0.1, 0.15) is 24.0 Å². The monoisotopic (exact) mass is 236 g/mol. The molecule has 0 spiro atoms. The molecule has 1 aliphatic heterocycles. The van der Waals surface area contributed by atoms with Gasteiger partial charge in [0, 0.05) is 18.8 Å². The van der Waals surface area contributed by atoms with Crippen molar-refractivity contribution in [2.75, 3.05) is 18.4 Å². The van der Waals surface area contributed by atoms with E-state index in [1.165, 1.54) is 29.7 Å². The third-order valence-corrected chi connectivity index (χ3v) is 3.70. The number of rotatable bonds is 3. The molecule has 0 bridgehead atoms. The van der Waals surface area contributed by atoms with Crippen molar-refractivity contribution in [3.8, 4) is 0 Å². The van der Waals surface area contributed by atoms with Crippen LogP contribution in [0.4, 0.5) is 5.69 Å². The predicted molar refractivity (Wildman–Crippen MR) is 73.1 cm³/mol. The standard InChI is InChI=1S/C13H20N2S/c1-10-6-5-7-11(2)12(10)14-13(16)15-8-3-4-9-15/h5-7,13-14,16H,3-4,8-9H2,1-2H3. The van der Waals surface area contributed by atoms with Gasteiger partial charge in [-0.1, -0.05) is 18.2 Å². The second-order valence-corrected chi connectivity index (χ2v) is 5.02. The van der Waals surface area contributed by atoms with Crippen molar-refractivity contribution in [1.29, 1.82) is 0 Å². The molecule has 1 aliphatic rings. The minimum atomic E-state index is 0.141. The topological polar surface area (TPSA) is 15.3 Å². The molecular formula is C13H20N2S. The molecule has 0 aromatic heterocycles. The summed E-state index contributed by atoms with van der Waals surface area (Å²) >= 11 is 4.65. The molecule has 1 atom stereocenters. The van der Waals surface area contributed by atoms with Gasteiger partial charge in [0.2, 0.25) is 0 Å². The molecule has 1 N–H and O–H groups in total. The lowest BCUT2D eigenvalue weighted by Gasteiger charge is -2.26. The summed E-state index contributed by atoms with van der Waals surface area (Å²) in [4.78, 5) is 2.38. The van der Waals surface area contributed by atoms with Crippen molar-refractivity contribution < 1.29 is 0 Å². The number of hydrogen-bond acceptors (Lipinski definition) is 3. The number of aryl methyl sites for hydroxylation is 2. The first kappa shape index (κ1) is 11.8. The van der Waals surface area contributed by atoms with Crippen LogP contribution in [0.2, 0.25) is 0 Å². The fourth-order valence-corrected chi connectivity index (χ4v) is 2.61. The normalized spacial score (nSPS) is 18.7. The highest BCUT2D eigenvalue weighted by atomic mass is 32.1. The Labute approximate surface area is 103 Å². The molecule has 3 heteroatoms. The molecule has 1 aromatic rings. The molecule has 1 fully saturated rings. The average molecular weight is 236 g/mol. The second-order valence-electron chi connectivity index (χ2n) is 4.53. The smallest absolute Gasteiger partial charge is 0.125 e. The van der Waals surface area contributed by atoms with Crippen LogP contribution in [0.15, 0.2) is 18.2 Å². The second kappa shape index (κ2) is 5.11. The lowest BCUT2D eigenvalue weighted by molar-refractivity contribution is 0.340. The fourth-order valence-electron chi connectivity index (χ4n) is 2.25. The van der Waals surface area contributed by atoms with E-state index in [1.807, 2.05) is 0 Å². The maximum absolute atomic E-state index is 4.65. The summed E-state index contributed by atoms with van der Waals surface area (Å²) in [7, 11) is 0. The van der Waals surface area contributed by atoms with Crippen LogP contribution in [0.25, 0.3) is 0 Å². The fraction of sp³-hybridized carbons (Fsp3) is 0.538. The van der Waals surface area contributed by atoms with Crippen LogP contribution >= 0.6 is 12.6 Å². The molecule has 2 nitrogen and oxygen atoms in total. The first-order valence-corrected chi connectivity index (χ1v) is 6.45. The predicted octanol–water partition coefficient (Wildman–Crippen LogP) is 3.02. The zero-order chi connectivity index (χ0) is 11.5. The van der Waals surface area contributed by atoms with E-state index in [0.717, 1.165) is 13.1 Å². The molecule has 0 aliphatic carbocycles. The van der Waals surface area contributed by atoms with Crippen LogP contribution in [-0.4, -0.2) is 23.5 Å². The maximum Gasteiger partial charge on any atom is 0.125 e. The van der Waals surface area contributed by atoms with Crippen molar-refractivity contribution >= 4 is 18.3 Å². The Morgan fingerprint density at radius 1 is 1.19 bits per heavy atom. The van der Waals surface area contributed by atoms with E-state index >= 15 is 0 Å². The number of nitrogens with one attached hydrogen (secondary N) is 1. The molecule has 1 unspecified atom stereocenters. The Morgan fingerprint density at radius 2 is 1.75 bits per heavy atom. The van der Waals surface area contributed by atoms with E-state index in [9.17, 15) is 0 Å². The molecule has 1 aromatic carbocycles. The molecule has 1 saturated heterocycles. The van der Waals surface area contributed by atoms with Gasteiger partial charge in [0.05, 0.1) is 0 Å². The van der Waals surface area contributed by atoms with Crippen LogP contribution in [-0.2, 0) is 0 Å². The number of likely N-dealkylation sites (tertiary alicyclic amines) is 1. The summed E-state index contributed by atoms with van der Waals surface area (Å²) in [5.41, 5.74) is 3.95. The van der Waals surface area contributed by atoms with Gasteiger partial charge in [-0.15, -0.1) is 12.6 Å². The molecule has 0 saturated carbocycles. The molecule has 0 radical (unpaired) electrons. The highest BCUT2D eigenvalue weighted by Crippen LogP contribution is 2.23. The molecular weight excluding hydrogens is 216 g/mol. The Bertz CT molecular complexity index is 339. The van der Waals surface area contributed by atoms with Crippen molar-refractivity contribution in [3.63, 3.8) is 0 Å². The van der Waals surface area contributed by atoms with Crippen molar-refractivity contribution in [1.82, 2.24) is 4.90 Å². The summed E-state index contributed by atoms with van der Waals surface area (Å²) in [6.07, 6.45) is 2.59. The maximum atomic E-state index is 4.65. The van der Waals surface area contributed by atoms with Gasteiger partial charge in [0.15, 0.2) is 0 Å². The van der Waals surface area contributed by atoms with Crippen LogP contribution in [0.5, 0.6) is 0 Å². The number of nitrogens with zero attached hydrogens (tertiary/aromatic N) is 1. The van der Waals surface area contributed by atoms with Gasteiger partial charge in [0.25, 0.3) is 0 Å². The van der Waals surface area contributed by atoms with E-state index in [2.05, 4.69) is 54.9 Å². The first-order valence-electron chi connectivity index (χ1n) is 5.93. The van der Waals surface area contributed by atoms with Gasteiger partial charge >= 0.3 is 0 Å². The van der Waals surface area contributed by atoms with E-state index in [4.69, 9.17) is 0 Å². The number of hydrogen-bond donors (Lipinski definition) is 2. The van der Waals surface area contributed by atoms with Gasteiger partial charge in [-0.2, -0.15) is 0 Å². The Balaban J connectivity index is 2.07. The molecule has 1 heterocycles. The van der Waals surface area contributed by atoms with E-state index in [1.54, 1.807) is 0 Å². The summed E-state index contributed by atoms with van der Waals surface area (Å²) < 4.78 is 0. The lowest BCUT2D eigenvalue weighted by atomic mass is 10.1. The number of anilines is 1.